The van der Waals surface area contributed by atoms with E-state index in [-0.39, 0.29) is 24.7 Å². The number of hydrogen-bond acceptors (Lipinski definition) is 6. The molecular weight excluding hydrogens is 410 g/mol. The fourth-order valence-corrected chi connectivity index (χ4v) is 3.45. The van der Waals surface area contributed by atoms with Crippen LogP contribution in [0.1, 0.15) is 18.1 Å². The van der Waals surface area contributed by atoms with Crippen LogP contribution in [0.25, 0.3) is 0 Å². The minimum Gasteiger partial charge on any atom is -0.508 e. The van der Waals surface area contributed by atoms with Gasteiger partial charge in [0.15, 0.2) is 0 Å². The summed E-state index contributed by atoms with van der Waals surface area (Å²) in [5, 5.41) is 15.1. The Morgan fingerprint density at radius 3 is 2.41 bits per heavy atom. The molecule has 0 unspecified atom stereocenters. The van der Waals surface area contributed by atoms with Crippen LogP contribution in [0.15, 0.2) is 54.6 Å². The molecule has 1 fully saturated rings. The molecule has 8 nitrogen and oxygen atoms in total. The summed E-state index contributed by atoms with van der Waals surface area (Å²) in [6, 6.07) is 14.1. The van der Waals surface area contributed by atoms with Gasteiger partial charge in [0, 0.05) is 20.0 Å². The van der Waals surface area contributed by atoms with Crippen molar-refractivity contribution in [1.82, 2.24) is 15.5 Å². The lowest BCUT2D eigenvalue weighted by atomic mass is 10.0. The first kappa shape index (κ1) is 23.3. The number of nitrogens with zero attached hydrogens (tertiary/aromatic N) is 1. The molecule has 0 aliphatic carbocycles. The number of phenols is 1. The summed E-state index contributed by atoms with van der Waals surface area (Å²) in [4.78, 5) is 39.3. The zero-order valence-corrected chi connectivity index (χ0v) is 18.3. The van der Waals surface area contributed by atoms with Gasteiger partial charge in [0.05, 0.1) is 6.61 Å². The highest BCUT2D eigenvalue weighted by atomic mass is 16.5. The fourth-order valence-electron chi connectivity index (χ4n) is 3.45. The van der Waals surface area contributed by atoms with Crippen molar-refractivity contribution in [3.05, 3.63) is 65.7 Å². The second kappa shape index (κ2) is 10.8. The van der Waals surface area contributed by atoms with Crippen LogP contribution in [0.2, 0.25) is 0 Å². The monoisotopic (exact) mass is 439 g/mol. The second-order valence-corrected chi connectivity index (χ2v) is 7.80. The minimum atomic E-state index is -0.807. The Bertz CT molecular complexity index is 932. The van der Waals surface area contributed by atoms with E-state index >= 15 is 0 Å². The zero-order valence-electron chi connectivity index (χ0n) is 18.3. The van der Waals surface area contributed by atoms with Crippen LogP contribution in [0.5, 0.6) is 5.75 Å². The normalized spacial score (nSPS) is 17.8. The number of benzene rings is 2. The van der Waals surface area contributed by atoms with Gasteiger partial charge in [0.25, 0.3) is 0 Å². The van der Waals surface area contributed by atoms with Crippen molar-refractivity contribution in [2.45, 2.75) is 37.9 Å². The highest BCUT2D eigenvalue weighted by molar-refractivity contribution is 5.97. The summed E-state index contributed by atoms with van der Waals surface area (Å²) in [6.45, 7) is 2.43. The average molecular weight is 440 g/mol. The minimum absolute atomic E-state index is 0.125. The highest BCUT2D eigenvalue weighted by Crippen LogP contribution is 2.16. The van der Waals surface area contributed by atoms with Crippen LogP contribution in [0.3, 0.4) is 0 Å². The lowest BCUT2D eigenvalue weighted by Gasteiger charge is -2.25. The largest absolute Gasteiger partial charge is 0.508 e. The fraction of sp³-hybridized carbons (Fsp3) is 0.375. The number of carbonyl (C=O) groups is 3. The number of hydrogen-bond donors (Lipinski definition) is 3. The summed E-state index contributed by atoms with van der Waals surface area (Å²) in [6.07, 6.45) is 0.954. The van der Waals surface area contributed by atoms with Crippen molar-refractivity contribution >= 4 is 17.8 Å². The number of esters is 1. The molecule has 0 saturated carbocycles. The van der Waals surface area contributed by atoms with Crippen molar-refractivity contribution in [1.29, 1.82) is 0 Å². The SMILES string of the molecule is CCOC(=O)[C@H]1N[C@@H]1C(=O)N[C@@H](Cc1ccc(O)cc1)C(=O)N(C)CCc1ccccc1. The van der Waals surface area contributed by atoms with Gasteiger partial charge in [-0.2, -0.15) is 0 Å². The van der Waals surface area contributed by atoms with Gasteiger partial charge in [-0.15, -0.1) is 0 Å². The molecule has 3 atom stereocenters. The number of amides is 2. The predicted octanol–water partition coefficient (Wildman–Crippen LogP) is 1.02. The van der Waals surface area contributed by atoms with Crippen LogP contribution in [-0.2, 0) is 32.0 Å². The maximum absolute atomic E-state index is 13.2. The van der Waals surface area contributed by atoms with E-state index in [9.17, 15) is 19.5 Å². The van der Waals surface area contributed by atoms with Gasteiger partial charge >= 0.3 is 5.97 Å². The van der Waals surface area contributed by atoms with E-state index in [2.05, 4.69) is 10.6 Å². The number of rotatable bonds is 10. The van der Waals surface area contributed by atoms with Gasteiger partial charge in [-0.05, 0) is 36.6 Å². The Kier molecular flexibility index (Phi) is 7.83. The molecule has 0 bridgehead atoms. The van der Waals surface area contributed by atoms with Crippen LogP contribution in [0, 0.1) is 0 Å². The van der Waals surface area contributed by atoms with Crippen molar-refractivity contribution in [2.75, 3.05) is 20.2 Å². The maximum atomic E-state index is 13.2. The quantitative estimate of drug-likeness (QED) is 0.376. The third-order valence-electron chi connectivity index (χ3n) is 5.35. The maximum Gasteiger partial charge on any atom is 0.325 e. The van der Waals surface area contributed by atoms with Gasteiger partial charge in [-0.3, -0.25) is 19.7 Å². The lowest BCUT2D eigenvalue weighted by molar-refractivity contribution is -0.143. The van der Waals surface area contributed by atoms with Gasteiger partial charge in [-0.25, -0.2) is 0 Å². The van der Waals surface area contributed by atoms with Crippen molar-refractivity contribution in [3.63, 3.8) is 0 Å². The van der Waals surface area contributed by atoms with E-state index in [1.54, 1.807) is 31.0 Å². The standard InChI is InChI=1S/C24H29N3O5/c1-3-32-24(31)21-20(26-21)22(29)25-19(15-17-9-11-18(28)12-10-17)23(30)27(2)14-13-16-7-5-4-6-8-16/h4-12,19-21,26,28H,3,13-15H2,1-2H3,(H,25,29)/t19-,20-,21-/m0/s1. The molecule has 3 N–H and O–H groups in total. The summed E-state index contributed by atoms with van der Waals surface area (Å²) in [7, 11) is 1.71. The molecule has 1 aliphatic heterocycles. The van der Waals surface area contributed by atoms with E-state index < -0.39 is 30.0 Å². The van der Waals surface area contributed by atoms with Crippen molar-refractivity contribution < 1.29 is 24.2 Å². The summed E-state index contributed by atoms with van der Waals surface area (Å²) in [5.74, 6) is -0.999. The predicted molar refractivity (Wildman–Crippen MR) is 119 cm³/mol. The highest BCUT2D eigenvalue weighted by Gasteiger charge is 2.49. The zero-order chi connectivity index (χ0) is 23.1. The summed E-state index contributed by atoms with van der Waals surface area (Å²) < 4.78 is 4.94. The van der Waals surface area contributed by atoms with Crippen LogP contribution < -0.4 is 10.6 Å². The Balaban J connectivity index is 1.65. The molecule has 8 heteroatoms. The molecule has 2 aromatic rings. The number of carbonyl (C=O) groups excluding carboxylic acids is 3. The smallest absolute Gasteiger partial charge is 0.325 e. The number of likely N-dealkylation sites (N-methyl/N-ethyl adjacent to an activating group) is 1. The molecule has 2 amide bonds. The Morgan fingerprint density at radius 1 is 1.06 bits per heavy atom. The molecule has 2 aromatic carbocycles. The molecule has 1 saturated heterocycles. The first-order valence-electron chi connectivity index (χ1n) is 10.7. The molecule has 170 valence electrons. The number of phenolic OH excluding ortho intramolecular Hbond substituents is 1. The van der Waals surface area contributed by atoms with Gasteiger partial charge in [-0.1, -0.05) is 42.5 Å². The third-order valence-corrected chi connectivity index (χ3v) is 5.35. The second-order valence-electron chi connectivity index (χ2n) is 7.80. The molecule has 0 spiro atoms. The van der Waals surface area contributed by atoms with Crippen LogP contribution in [-0.4, -0.2) is 66.1 Å². The van der Waals surface area contributed by atoms with E-state index in [4.69, 9.17) is 4.74 Å². The Labute approximate surface area is 187 Å². The molecule has 1 heterocycles. The summed E-state index contributed by atoms with van der Waals surface area (Å²) in [5.41, 5.74) is 1.91. The molecule has 0 aromatic heterocycles. The van der Waals surface area contributed by atoms with E-state index in [1.165, 1.54) is 12.1 Å². The third kappa shape index (κ3) is 6.31. The Morgan fingerprint density at radius 2 is 1.75 bits per heavy atom. The molecule has 1 aliphatic rings. The molecule has 32 heavy (non-hydrogen) atoms. The number of ether oxygens (including phenoxy) is 1. The lowest BCUT2D eigenvalue weighted by Crippen LogP contribution is -2.50. The van der Waals surface area contributed by atoms with Gasteiger partial charge in [0.2, 0.25) is 11.8 Å². The first-order chi connectivity index (χ1) is 15.4. The van der Waals surface area contributed by atoms with Crippen molar-refractivity contribution in [2.24, 2.45) is 0 Å². The van der Waals surface area contributed by atoms with E-state index in [0.717, 1.165) is 11.1 Å². The van der Waals surface area contributed by atoms with Gasteiger partial charge < -0.3 is 20.1 Å². The van der Waals surface area contributed by atoms with Crippen molar-refractivity contribution in [3.8, 4) is 5.75 Å². The topological polar surface area (TPSA) is 118 Å². The number of nitrogens with one attached hydrogen (secondary N) is 2. The Hall–Kier alpha value is -3.39. The molecular formula is C24H29N3O5. The number of aromatic hydroxyl groups is 1. The van der Waals surface area contributed by atoms with Gasteiger partial charge in [0.1, 0.15) is 23.9 Å². The van der Waals surface area contributed by atoms with Crippen LogP contribution in [0.4, 0.5) is 0 Å². The first-order valence-corrected chi connectivity index (χ1v) is 10.7. The average Bonchev–Trinajstić information content (AvgIpc) is 3.60. The molecule has 0 radical (unpaired) electrons. The summed E-state index contributed by atoms with van der Waals surface area (Å²) >= 11 is 0. The van der Waals surface area contributed by atoms with Crippen LogP contribution >= 0.6 is 0 Å². The molecule has 3 rings (SSSR count). The van der Waals surface area contributed by atoms with E-state index in [1.807, 2.05) is 30.3 Å². The van der Waals surface area contributed by atoms with E-state index in [0.29, 0.717) is 13.0 Å².